The van der Waals surface area contributed by atoms with Crippen LogP contribution in [0, 0.1) is 0 Å². The molecule has 138 valence electrons. The van der Waals surface area contributed by atoms with E-state index in [1.165, 1.54) is 11.8 Å². The zero-order valence-electron chi connectivity index (χ0n) is 15.2. The van der Waals surface area contributed by atoms with E-state index in [0.29, 0.717) is 0 Å². The largest absolute Gasteiger partial charge is 0.325 e. The van der Waals surface area contributed by atoms with Gasteiger partial charge in [-0.3, -0.25) is 9.36 Å². The Hall–Kier alpha value is -3.31. The van der Waals surface area contributed by atoms with Gasteiger partial charge in [0.15, 0.2) is 5.16 Å². The molecule has 0 aliphatic rings. The summed E-state index contributed by atoms with van der Waals surface area (Å²) < 4.78 is 2.09. The van der Waals surface area contributed by atoms with Crippen molar-refractivity contribution in [3.63, 3.8) is 0 Å². The summed E-state index contributed by atoms with van der Waals surface area (Å²) >= 11 is 1.42. The van der Waals surface area contributed by atoms with E-state index in [1.54, 1.807) is 0 Å². The van der Waals surface area contributed by atoms with E-state index in [0.717, 1.165) is 27.8 Å². The fourth-order valence-electron chi connectivity index (χ4n) is 2.92. The van der Waals surface area contributed by atoms with Crippen molar-refractivity contribution in [1.82, 2.24) is 9.55 Å². The van der Waals surface area contributed by atoms with Crippen LogP contribution >= 0.6 is 11.8 Å². The molecule has 0 unspecified atom stereocenters. The van der Waals surface area contributed by atoms with Gasteiger partial charge in [-0.25, -0.2) is 4.98 Å². The molecule has 0 spiro atoms. The number of carbonyl (C=O) groups is 1. The van der Waals surface area contributed by atoms with E-state index >= 15 is 0 Å². The Morgan fingerprint density at radius 3 is 2.14 bits per heavy atom. The van der Waals surface area contributed by atoms with Crippen LogP contribution in [0.3, 0.4) is 0 Å². The molecular formula is C23H19N3OS. The van der Waals surface area contributed by atoms with E-state index in [4.69, 9.17) is 0 Å². The molecule has 3 aromatic carbocycles. The third kappa shape index (κ3) is 4.15. The summed E-state index contributed by atoms with van der Waals surface area (Å²) in [5.74, 6) is 0.229. The third-order valence-corrected chi connectivity index (χ3v) is 5.16. The lowest BCUT2D eigenvalue weighted by Gasteiger charge is -2.12. The van der Waals surface area contributed by atoms with Gasteiger partial charge >= 0.3 is 0 Å². The molecule has 0 aliphatic heterocycles. The van der Waals surface area contributed by atoms with Crippen LogP contribution in [0.5, 0.6) is 0 Å². The first-order chi connectivity index (χ1) is 13.8. The number of para-hydroxylation sites is 2. The normalized spacial score (nSPS) is 10.6. The maximum absolute atomic E-state index is 12.3. The monoisotopic (exact) mass is 385 g/mol. The van der Waals surface area contributed by atoms with E-state index in [-0.39, 0.29) is 11.7 Å². The standard InChI is InChI=1S/C23H19N3OS/c27-22(25-19-12-6-2-7-13-19)17-28-23-24-16-21(18-10-4-1-5-11-18)26(23)20-14-8-3-9-15-20/h1-16H,17H2,(H,25,27). The summed E-state index contributed by atoms with van der Waals surface area (Å²) in [6.45, 7) is 0. The second-order valence-corrected chi connectivity index (χ2v) is 7.11. The Kier molecular flexibility index (Phi) is 5.54. The van der Waals surface area contributed by atoms with Gasteiger partial charge in [0.05, 0.1) is 17.6 Å². The molecule has 0 bridgehead atoms. The maximum atomic E-state index is 12.3. The quantitative estimate of drug-likeness (QED) is 0.460. The number of rotatable bonds is 6. The highest BCUT2D eigenvalue weighted by Gasteiger charge is 2.15. The molecule has 0 saturated carbocycles. The van der Waals surface area contributed by atoms with E-state index in [9.17, 15) is 4.79 Å². The van der Waals surface area contributed by atoms with Crippen LogP contribution in [0.25, 0.3) is 16.9 Å². The molecule has 4 aromatic rings. The minimum atomic E-state index is -0.0555. The Morgan fingerprint density at radius 1 is 0.857 bits per heavy atom. The third-order valence-electron chi connectivity index (χ3n) is 4.20. The minimum Gasteiger partial charge on any atom is -0.325 e. The van der Waals surface area contributed by atoms with Crippen molar-refractivity contribution < 1.29 is 4.79 Å². The Bertz CT molecular complexity index is 1050. The van der Waals surface area contributed by atoms with Crippen LogP contribution in [0.2, 0.25) is 0 Å². The molecule has 1 N–H and O–H groups in total. The Morgan fingerprint density at radius 2 is 1.46 bits per heavy atom. The van der Waals surface area contributed by atoms with Crippen molar-refractivity contribution in [2.24, 2.45) is 0 Å². The van der Waals surface area contributed by atoms with Gasteiger partial charge in [-0.05, 0) is 24.3 Å². The molecule has 4 nitrogen and oxygen atoms in total. The fourth-order valence-corrected chi connectivity index (χ4v) is 3.72. The lowest BCUT2D eigenvalue weighted by molar-refractivity contribution is -0.113. The molecule has 0 fully saturated rings. The molecular weight excluding hydrogens is 366 g/mol. The number of nitrogens with one attached hydrogen (secondary N) is 1. The summed E-state index contributed by atoms with van der Waals surface area (Å²) in [6, 6.07) is 29.7. The summed E-state index contributed by atoms with van der Waals surface area (Å²) in [5.41, 5.74) is 3.89. The number of benzene rings is 3. The van der Waals surface area contributed by atoms with Gasteiger partial charge in [0.25, 0.3) is 0 Å². The SMILES string of the molecule is O=C(CSc1ncc(-c2ccccc2)n1-c1ccccc1)Nc1ccccc1. The van der Waals surface area contributed by atoms with Gasteiger partial charge < -0.3 is 5.32 Å². The second kappa shape index (κ2) is 8.59. The van der Waals surface area contributed by atoms with Crippen molar-refractivity contribution >= 4 is 23.4 Å². The van der Waals surface area contributed by atoms with Gasteiger partial charge in [0.1, 0.15) is 0 Å². The zero-order chi connectivity index (χ0) is 19.2. The molecule has 5 heteroatoms. The first-order valence-corrected chi connectivity index (χ1v) is 9.96. The van der Waals surface area contributed by atoms with Gasteiger partial charge in [-0.15, -0.1) is 0 Å². The molecule has 0 atom stereocenters. The average molecular weight is 385 g/mol. The van der Waals surface area contributed by atoms with Crippen LogP contribution in [0.1, 0.15) is 0 Å². The summed E-state index contributed by atoms with van der Waals surface area (Å²) in [4.78, 5) is 16.9. The number of hydrogen-bond donors (Lipinski definition) is 1. The van der Waals surface area contributed by atoms with Gasteiger partial charge in [0.2, 0.25) is 5.91 Å². The van der Waals surface area contributed by atoms with Gasteiger partial charge in [-0.2, -0.15) is 0 Å². The number of thioether (sulfide) groups is 1. The van der Waals surface area contributed by atoms with Crippen LogP contribution in [0.4, 0.5) is 5.69 Å². The summed E-state index contributed by atoms with van der Waals surface area (Å²) in [5, 5.41) is 3.70. The van der Waals surface area contributed by atoms with Crippen molar-refractivity contribution in [2.45, 2.75) is 5.16 Å². The number of aromatic nitrogens is 2. The van der Waals surface area contributed by atoms with Crippen molar-refractivity contribution in [2.75, 3.05) is 11.1 Å². The van der Waals surface area contributed by atoms with Crippen LogP contribution < -0.4 is 5.32 Å². The van der Waals surface area contributed by atoms with Gasteiger partial charge in [0, 0.05) is 16.9 Å². The van der Waals surface area contributed by atoms with Crippen LogP contribution in [-0.4, -0.2) is 21.2 Å². The van der Waals surface area contributed by atoms with E-state index < -0.39 is 0 Å². The number of anilines is 1. The topological polar surface area (TPSA) is 46.9 Å². The highest BCUT2D eigenvalue weighted by atomic mass is 32.2. The first-order valence-electron chi connectivity index (χ1n) is 8.97. The molecule has 0 radical (unpaired) electrons. The lowest BCUT2D eigenvalue weighted by atomic mass is 10.1. The number of carbonyl (C=O) groups excluding carboxylic acids is 1. The minimum absolute atomic E-state index is 0.0555. The van der Waals surface area contributed by atoms with Crippen LogP contribution in [0.15, 0.2) is 102 Å². The zero-order valence-corrected chi connectivity index (χ0v) is 16.0. The fraction of sp³-hybridized carbons (Fsp3) is 0.0435. The highest BCUT2D eigenvalue weighted by molar-refractivity contribution is 7.99. The van der Waals surface area contributed by atoms with E-state index in [2.05, 4.69) is 27.0 Å². The highest BCUT2D eigenvalue weighted by Crippen LogP contribution is 2.29. The van der Waals surface area contributed by atoms with Crippen molar-refractivity contribution in [3.05, 3.63) is 97.2 Å². The Labute approximate surface area is 168 Å². The number of imidazole rings is 1. The number of nitrogens with zero attached hydrogens (tertiary/aromatic N) is 2. The predicted molar refractivity (Wildman–Crippen MR) is 115 cm³/mol. The molecule has 1 aromatic heterocycles. The first kappa shape index (κ1) is 18.1. The molecule has 0 aliphatic carbocycles. The predicted octanol–water partition coefficient (Wildman–Crippen LogP) is 5.27. The Balaban J connectivity index is 1.59. The summed E-state index contributed by atoms with van der Waals surface area (Å²) in [7, 11) is 0. The summed E-state index contributed by atoms with van der Waals surface area (Å²) in [6.07, 6.45) is 1.86. The number of hydrogen-bond acceptors (Lipinski definition) is 3. The smallest absolute Gasteiger partial charge is 0.234 e. The molecule has 1 amide bonds. The average Bonchev–Trinajstić information content (AvgIpc) is 3.18. The number of amides is 1. The van der Waals surface area contributed by atoms with Crippen LogP contribution in [-0.2, 0) is 4.79 Å². The van der Waals surface area contributed by atoms with Crippen molar-refractivity contribution in [1.29, 1.82) is 0 Å². The molecule has 1 heterocycles. The molecule has 4 rings (SSSR count). The second-order valence-electron chi connectivity index (χ2n) is 6.17. The van der Waals surface area contributed by atoms with Gasteiger partial charge in [-0.1, -0.05) is 78.5 Å². The van der Waals surface area contributed by atoms with Crippen molar-refractivity contribution in [3.8, 4) is 16.9 Å². The molecule has 28 heavy (non-hydrogen) atoms. The molecule has 0 saturated heterocycles. The van der Waals surface area contributed by atoms with E-state index in [1.807, 2.05) is 85.1 Å². The lowest BCUT2D eigenvalue weighted by Crippen LogP contribution is -2.14. The maximum Gasteiger partial charge on any atom is 0.234 e.